The van der Waals surface area contributed by atoms with Gasteiger partial charge >= 0.3 is 0 Å². The third-order valence-electron chi connectivity index (χ3n) is 1.93. The number of nitrogens with zero attached hydrogens (tertiary/aromatic N) is 1. The second kappa shape index (κ2) is 5.82. The van der Waals surface area contributed by atoms with Crippen LogP contribution in [0.25, 0.3) is 0 Å². The summed E-state index contributed by atoms with van der Waals surface area (Å²) in [4.78, 5) is 15.3. The molecular weight excluding hydrogens is 258 g/mol. The van der Waals surface area contributed by atoms with Crippen LogP contribution in [0.4, 0.5) is 0 Å². The Morgan fingerprint density at radius 2 is 2.40 bits per heavy atom. The predicted octanol–water partition coefficient (Wildman–Crippen LogP) is 1.37. The third kappa shape index (κ3) is 3.60. The molecule has 5 heteroatoms. The van der Waals surface area contributed by atoms with E-state index in [1.54, 1.807) is 12.3 Å². The molecule has 0 aliphatic carbocycles. The Labute approximate surface area is 97.4 Å². The first-order chi connectivity index (χ1) is 7.15. The lowest BCUT2D eigenvalue weighted by Gasteiger charge is -2.14. The first-order valence-electron chi connectivity index (χ1n) is 4.79. The second-order valence-electron chi connectivity index (χ2n) is 3.19. The topological polar surface area (TPSA) is 68.0 Å². The minimum Gasteiger partial charge on any atom is -0.368 e. The van der Waals surface area contributed by atoms with Crippen molar-refractivity contribution in [1.82, 2.24) is 10.3 Å². The summed E-state index contributed by atoms with van der Waals surface area (Å²) in [5.74, 6) is -0.404. The van der Waals surface area contributed by atoms with Crippen molar-refractivity contribution in [3.63, 3.8) is 0 Å². The van der Waals surface area contributed by atoms with Crippen LogP contribution < -0.4 is 11.1 Å². The number of carbonyl (C=O) groups is 1. The van der Waals surface area contributed by atoms with Gasteiger partial charge in [-0.1, -0.05) is 6.92 Å². The van der Waals surface area contributed by atoms with E-state index < -0.39 is 11.9 Å². The van der Waals surface area contributed by atoms with E-state index in [9.17, 15) is 4.79 Å². The van der Waals surface area contributed by atoms with Crippen molar-refractivity contribution in [2.75, 3.05) is 6.54 Å². The number of hydrogen-bond donors (Lipinski definition) is 2. The number of pyridine rings is 1. The van der Waals surface area contributed by atoms with Crippen LogP contribution in [0.2, 0.25) is 0 Å². The van der Waals surface area contributed by atoms with E-state index in [0.717, 1.165) is 17.4 Å². The molecule has 0 saturated carbocycles. The fraction of sp³-hybridized carbons (Fsp3) is 0.400. The summed E-state index contributed by atoms with van der Waals surface area (Å²) < 4.78 is 0.880. The summed E-state index contributed by atoms with van der Waals surface area (Å²) >= 11 is 3.29. The predicted molar refractivity (Wildman–Crippen MR) is 62.2 cm³/mol. The van der Waals surface area contributed by atoms with E-state index in [0.29, 0.717) is 5.69 Å². The van der Waals surface area contributed by atoms with Crippen LogP contribution in [0.15, 0.2) is 22.8 Å². The van der Waals surface area contributed by atoms with Gasteiger partial charge in [-0.05, 0) is 41.0 Å². The van der Waals surface area contributed by atoms with Gasteiger partial charge in [-0.25, -0.2) is 0 Å². The van der Waals surface area contributed by atoms with Gasteiger partial charge in [0, 0.05) is 10.7 Å². The number of rotatable bonds is 5. The smallest absolute Gasteiger partial charge is 0.240 e. The summed E-state index contributed by atoms with van der Waals surface area (Å²) in [6.45, 7) is 2.77. The van der Waals surface area contributed by atoms with Crippen LogP contribution >= 0.6 is 15.9 Å². The highest BCUT2D eigenvalue weighted by Gasteiger charge is 2.17. The van der Waals surface area contributed by atoms with Gasteiger partial charge in [-0.2, -0.15) is 0 Å². The molecule has 0 saturated heterocycles. The quantitative estimate of drug-likeness (QED) is 0.850. The Morgan fingerprint density at radius 1 is 1.67 bits per heavy atom. The maximum absolute atomic E-state index is 11.2. The number of aromatic nitrogens is 1. The van der Waals surface area contributed by atoms with Gasteiger partial charge in [-0.3, -0.25) is 9.78 Å². The number of nitrogens with one attached hydrogen (secondary N) is 1. The van der Waals surface area contributed by atoms with E-state index in [4.69, 9.17) is 5.73 Å². The van der Waals surface area contributed by atoms with E-state index in [2.05, 4.69) is 26.2 Å². The van der Waals surface area contributed by atoms with E-state index in [-0.39, 0.29) is 0 Å². The zero-order valence-electron chi connectivity index (χ0n) is 8.53. The van der Waals surface area contributed by atoms with Crippen LogP contribution in [0, 0.1) is 0 Å². The first kappa shape index (κ1) is 12.1. The van der Waals surface area contributed by atoms with E-state index in [1.807, 2.05) is 13.0 Å². The van der Waals surface area contributed by atoms with Crippen molar-refractivity contribution in [1.29, 1.82) is 0 Å². The van der Waals surface area contributed by atoms with E-state index >= 15 is 0 Å². The normalized spacial score (nSPS) is 12.4. The number of carbonyl (C=O) groups excluding carboxylic acids is 1. The first-order valence-corrected chi connectivity index (χ1v) is 5.58. The summed E-state index contributed by atoms with van der Waals surface area (Å²) in [6.07, 6.45) is 2.60. The highest BCUT2D eigenvalue weighted by molar-refractivity contribution is 9.10. The van der Waals surface area contributed by atoms with Gasteiger partial charge in [0.1, 0.15) is 6.04 Å². The fourth-order valence-corrected chi connectivity index (χ4v) is 1.43. The molecule has 3 N–H and O–H groups in total. The monoisotopic (exact) mass is 271 g/mol. The minimum absolute atomic E-state index is 0.404. The number of hydrogen-bond acceptors (Lipinski definition) is 3. The number of nitrogens with two attached hydrogens (primary N) is 1. The average molecular weight is 272 g/mol. The highest BCUT2D eigenvalue weighted by atomic mass is 79.9. The fourth-order valence-electron chi connectivity index (χ4n) is 1.20. The van der Waals surface area contributed by atoms with Gasteiger partial charge in [0.15, 0.2) is 0 Å². The molecule has 1 amide bonds. The lowest BCUT2D eigenvalue weighted by atomic mass is 10.1. The molecular formula is C10H14BrN3O. The molecule has 1 unspecified atom stereocenters. The zero-order valence-corrected chi connectivity index (χ0v) is 10.1. The maximum atomic E-state index is 11.2. The summed E-state index contributed by atoms with van der Waals surface area (Å²) in [6, 6.07) is 3.12. The molecule has 0 spiro atoms. The standard InChI is InChI=1S/C10H14BrN3O/c1-2-5-13-9(10(12)15)8-4-3-7(11)6-14-8/h3-4,6,9,13H,2,5H2,1H3,(H2,12,15). The van der Waals surface area contributed by atoms with Gasteiger partial charge in [0.05, 0.1) is 5.69 Å². The highest BCUT2D eigenvalue weighted by Crippen LogP contribution is 2.13. The SMILES string of the molecule is CCCNC(C(N)=O)c1ccc(Br)cn1. The molecule has 1 heterocycles. The molecule has 15 heavy (non-hydrogen) atoms. The van der Waals surface area contributed by atoms with Gasteiger partial charge in [-0.15, -0.1) is 0 Å². The lowest BCUT2D eigenvalue weighted by Crippen LogP contribution is -2.34. The van der Waals surface area contributed by atoms with Crippen molar-refractivity contribution < 1.29 is 4.79 Å². The average Bonchev–Trinajstić information content (AvgIpc) is 2.21. The maximum Gasteiger partial charge on any atom is 0.240 e. The van der Waals surface area contributed by atoms with E-state index in [1.165, 1.54) is 0 Å². The molecule has 0 aliphatic heterocycles. The number of primary amides is 1. The van der Waals surface area contributed by atoms with Crippen LogP contribution in [-0.2, 0) is 4.79 Å². The largest absolute Gasteiger partial charge is 0.368 e. The molecule has 1 aromatic rings. The molecule has 82 valence electrons. The lowest BCUT2D eigenvalue weighted by molar-refractivity contribution is -0.120. The van der Waals surface area contributed by atoms with Crippen LogP contribution in [-0.4, -0.2) is 17.4 Å². The van der Waals surface area contributed by atoms with Crippen LogP contribution in [0.1, 0.15) is 25.1 Å². The van der Waals surface area contributed by atoms with Gasteiger partial charge in [0.2, 0.25) is 5.91 Å². The molecule has 0 aliphatic rings. The Kier molecular flexibility index (Phi) is 4.71. The van der Waals surface area contributed by atoms with Gasteiger partial charge in [0.25, 0.3) is 0 Å². The van der Waals surface area contributed by atoms with Crippen molar-refractivity contribution in [2.24, 2.45) is 5.73 Å². The molecule has 0 radical (unpaired) electrons. The molecule has 1 aromatic heterocycles. The molecule has 0 aromatic carbocycles. The molecule has 1 rings (SSSR count). The molecule has 0 fully saturated rings. The summed E-state index contributed by atoms with van der Waals surface area (Å²) in [5, 5.41) is 3.05. The molecule has 1 atom stereocenters. The Morgan fingerprint density at radius 3 is 2.87 bits per heavy atom. The van der Waals surface area contributed by atoms with Crippen molar-refractivity contribution in [2.45, 2.75) is 19.4 Å². The zero-order chi connectivity index (χ0) is 11.3. The van der Waals surface area contributed by atoms with Crippen LogP contribution in [0.3, 0.4) is 0 Å². The van der Waals surface area contributed by atoms with Crippen LogP contribution in [0.5, 0.6) is 0 Å². The number of amides is 1. The van der Waals surface area contributed by atoms with Crippen molar-refractivity contribution >= 4 is 21.8 Å². The molecule has 0 bridgehead atoms. The number of halogens is 1. The summed E-state index contributed by atoms with van der Waals surface area (Å²) in [5.41, 5.74) is 5.95. The Bertz CT molecular complexity index is 326. The summed E-state index contributed by atoms with van der Waals surface area (Å²) in [7, 11) is 0. The second-order valence-corrected chi connectivity index (χ2v) is 4.11. The van der Waals surface area contributed by atoms with Crippen molar-refractivity contribution in [3.05, 3.63) is 28.5 Å². The Hall–Kier alpha value is -0.940. The van der Waals surface area contributed by atoms with Crippen molar-refractivity contribution in [3.8, 4) is 0 Å². The third-order valence-corrected chi connectivity index (χ3v) is 2.40. The van der Waals surface area contributed by atoms with Gasteiger partial charge < -0.3 is 11.1 Å². The Balaban J connectivity index is 2.79. The molecule has 4 nitrogen and oxygen atoms in total. The minimum atomic E-state index is -0.502.